The summed E-state index contributed by atoms with van der Waals surface area (Å²) < 4.78 is 45.3. The summed E-state index contributed by atoms with van der Waals surface area (Å²) in [7, 11) is 1.61. The number of likely N-dealkylation sites (tertiary alicyclic amines) is 1. The number of aryl methyl sites for hydroxylation is 1. The molecule has 1 N–H and O–H groups in total. The summed E-state index contributed by atoms with van der Waals surface area (Å²) >= 11 is 0. The van der Waals surface area contributed by atoms with Crippen LogP contribution in [0.4, 0.5) is 13.2 Å². The van der Waals surface area contributed by atoms with E-state index in [4.69, 9.17) is 4.74 Å². The summed E-state index contributed by atoms with van der Waals surface area (Å²) in [6, 6.07) is 0. The standard InChI is InChI=1S/C16H24F3N3O2/c1-21-10-13(16(17,18)19)20-14(21)12-3-2-6-22(9-12)11-15(23)4-7-24-8-5-15/h10,12,23H,2-9,11H2,1H3/t12-/m1/s1. The van der Waals surface area contributed by atoms with Gasteiger partial charge in [-0.1, -0.05) is 0 Å². The van der Waals surface area contributed by atoms with Crippen molar-refractivity contribution in [3.8, 4) is 0 Å². The van der Waals surface area contributed by atoms with Crippen molar-refractivity contribution in [2.24, 2.45) is 7.05 Å². The van der Waals surface area contributed by atoms with Crippen LogP contribution in [0.2, 0.25) is 0 Å². The Balaban J connectivity index is 1.68. The Kier molecular flexibility index (Phi) is 4.90. The molecule has 0 amide bonds. The lowest BCUT2D eigenvalue weighted by molar-refractivity contribution is -0.141. The second-order valence-corrected chi connectivity index (χ2v) is 7.00. The quantitative estimate of drug-likeness (QED) is 0.910. The molecule has 2 aliphatic heterocycles. The molecule has 0 unspecified atom stereocenters. The molecule has 0 radical (unpaired) electrons. The van der Waals surface area contributed by atoms with Crippen LogP contribution < -0.4 is 0 Å². The average Bonchev–Trinajstić information content (AvgIpc) is 2.90. The van der Waals surface area contributed by atoms with Crippen LogP contribution in [-0.4, -0.2) is 58.0 Å². The maximum Gasteiger partial charge on any atom is 0.434 e. The largest absolute Gasteiger partial charge is 0.434 e. The Morgan fingerprint density at radius 2 is 2.08 bits per heavy atom. The van der Waals surface area contributed by atoms with Gasteiger partial charge in [0.1, 0.15) is 5.82 Å². The normalized spacial score (nSPS) is 25.8. The summed E-state index contributed by atoms with van der Waals surface area (Å²) in [6.45, 7) is 3.15. The van der Waals surface area contributed by atoms with Crippen LogP contribution in [-0.2, 0) is 18.0 Å². The zero-order valence-corrected chi connectivity index (χ0v) is 13.8. The first kappa shape index (κ1) is 17.7. The number of halogens is 3. The number of imidazole rings is 1. The Labute approximate surface area is 139 Å². The molecule has 2 saturated heterocycles. The van der Waals surface area contributed by atoms with Gasteiger partial charge in [0.2, 0.25) is 0 Å². The summed E-state index contributed by atoms with van der Waals surface area (Å²) in [5, 5.41) is 10.7. The average molecular weight is 347 g/mol. The van der Waals surface area contributed by atoms with E-state index in [0.717, 1.165) is 25.6 Å². The van der Waals surface area contributed by atoms with Gasteiger partial charge in [-0.25, -0.2) is 4.98 Å². The number of piperidine rings is 1. The minimum atomic E-state index is -4.42. The fourth-order valence-corrected chi connectivity index (χ4v) is 3.73. The van der Waals surface area contributed by atoms with Crippen LogP contribution in [0.25, 0.3) is 0 Å². The molecule has 0 aliphatic carbocycles. The van der Waals surface area contributed by atoms with E-state index >= 15 is 0 Å². The van der Waals surface area contributed by atoms with Crippen LogP contribution >= 0.6 is 0 Å². The van der Waals surface area contributed by atoms with Crippen molar-refractivity contribution in [2.75, 3.05) is 32.8 Å². The second-order valence-electron chi connectivity index (χ2n) is 7.00. The van der Waals surface area contributed by atoms with Crippen LogP contribution in [0, 0.1) is 0 Å². The molecule has 136 valence electrons. The summed E-state index contributed by atoms with van der Waals surface area (Å²) in [4.78, 5) is 5.99. The lowest BCUT2D eigenvalue weighted by Crippen LogP contribution is -2.49. The van der Waals surface area contributed by atoms with E-state index in [1.54, 1.807) is 7.05 Å². The highest BCUT2D eigenvalue weighted by Gasteiger charge is 2.37. The predicted octanol–water partition coefficient (Wildman–Crippen LogP) is 2.16. The number of β-amino-alcohol motifs (C(OH)–C–C–N with tert-alkyl or cyclic N) is 1. The maximum absolute atomic E-state index is 12.9. The minimum absolute atomic E-state index is 0.0386. The topological polar surface area (TPSA) is 50.5 Å². The van der Waals surface area contributed by atoms with E-state index in [9.17, 15) is 18.3 Å². The first-order valence-corrected chi connectivity index (χ1v) is 8.40. The number of ether oxygens (including phenoxy) is 1. The number of nitrogens with zero attached hydrogens (tertiary/aromatic N) is 3. The van der Waals surface area contributed by atoms with Gasteiger partial charge in [0, 0.05) is 58.3 Å². The maximum atomic E-state index is 12.9. The van der Waals surface area contributed by atoms with Gasteiger partial charge in [-0.3, -0.25) is 4.90 Å². The number of aliphatic hydroxyl groups is 1. The number of rotatable bonds is 3. The lowest BCUT2D eigenvalue weighted by atomic mass is 9.91. The van der Waals surface area contributed by atoms with Gasteiger partial charge < -0.3 is 14.4 Å². The second kappa shape index (κ2) is 6.65. The Morgan fingerprint density at radius 3 is 2.71 bits per heavy atom. The van der Waals surface area contributed by atoms with Crippen molar-refractivity contribution in [1.29, 1.82) is 0 Å². The van der Waals surface area contributed by atoms with Gasteiger partial charge in [0.05, 0.1) is 5.60 Å². The molecule has 0 spiro atoms. The van der Waals surface area contributed by atoms with Gasteiger partial charge >= 0.3 is 6.18 Å². The zero-order valence-electron chi connectivity index (χ0n) is 13.8. The third-order valence-electron chi connectivity index (χ3n) is 5.01. The summed E-state index contributed by atoms with van der Waals surface area (Å²) in [6.07, 6.45) is -0.433. The number of alkyl halides is 3. The molecule has 0 bridgehead atoms. The van der Waals surface area contributed by atoms with E-state index in [1.807, 2.05) is 0 Å². The third-order valence-corrected chi connectivity index (χ3v) is 5.01. The summed E-state index contributed by atoms with van der Waals surface area (Å²) in [5.74, 6) is 0.439. The highest BCUT2D eigenvalue weighted by molar-refractivity contribution is 5.12. The highest BCUT2D eigenvalue weighted by Crippen LogP contribution is 2.33. The molecule has 1 atom stereocenters. The van der Waals surface area contributed by atoms with Crippen molar-refractivity contribution in [3.05, 3.63) is 17.7 Å². The van der Waals surface area contributed by atoms with E-state index in [1.165, 1.54) is 4.57 Å². The van der Waals surface area contributed by atoms with Gasteiger partial charge in [-0.2, -0.15) is 13.2 Å². The van der Waals surface area contributed by atoms with E-state index in [2.05, 4.69) is 9.88 Å². The molecular formula is C16H24F3N3O2. The zero-order chi connectivity index (χ0) is 17.4. The van der Waals surface area contributed by atoms with Crippen LogP contribution in [0.15, 0.2) is 6.20 Å². The first-order chi connectivity index (χ1) is 11.3. The van der Waals surface area contributed by atoms with Gasteiger partial charge in [-0.15, -0.1) is 0 Å². The molecule has 2 fully saturated rings. The van der Waals surface area contributed by atoms with Crippen molar-refractivity contribution in [1.82, 2.24) is 14.5 Å². The van der Waals surface area contributed by atoms with E-state index in [0.29, 0.717) is 45.0 Å². The van der Waals surface area contributed by atoms with Crippen molar-refractivity contribution >= 4 is 0 Å². The number of aromatic nitrogens is 2. The molecule has 3 heterocycles. The fraction of sp³-hybridized carbons (Fsp3) is 0.812. The van der Waals surface area contributed by atoms with Gasteiger partial charge in [0.25, 0.3) is 0 Å². The van der Waals surface area contributed by atoms with Crippen molar-refractivity contribution in [3.63, 3.8) is 0 Å². The molecule has 3 rings (SSSR count). The lowest BCUT2D eigenvalue weighted by Gasteiger charge is -2.40. The molecule has 5 nitrogen and oxygen atoms in total. The van der Waals surface area contributed by atoms with Gasteiger partial charge in [0.15, 0.2) is 5.69 Å². The number of hydrogen-bond donors (Lipinski definition) is 1. The molecule has 1 aromatic rings. The Morgan fingerprint density at radius 1 is 1.38 bits per heavy atom. The molecule has 24 heavy (non-hydrogen) atoms. The molecule has 0 aromatic carbocycles. The highest BCUT2D eigenvalue weighted by atomic mass is 19.4. The molecule has 1 aromatic heterocycles. The third kappa shape index (κ3) is 3.92. The Bertz CT molecular complexity index is 567. The van der Waals surface area contributed by atoms with Crippen LogP contribution in [0.1, 0.15) is 43.1 Å². The number of hydrogen-bond acceptors (Lipinski definition) is 4. The molecule has 0 saturated carbocycles. The predicted molar refractivity (Wildman–Crippen MR) is 81.6 cm³/mol. The first-order valence-electron chi connectivity index (χ1n) is 8.40. The smallest absolute Gasteiger partial charge is 0.388 e. The Hall–Kier alpha value is -1.12. The summed E-state index contributed by atoms with van der Waals surface area (Å²) in [5.41, 5.74) is -1.58. The molecular weight excluding hydrogens is 323 g/mol. The molecule has 2 aliphatic rings. The van der Waals surface area contributed by atoms with E-state index < -0.39 is 17.5 Å². The monoisotopic (exact) mass is 347 g/mol. The minimum Gasteiger partial charge on any atom is -0.388 e. The SMILES string of the molecule is Cn1cc(C(F)(F)F)nc1[C@@H]1CCCN(CC2(O)CCOCC2)C1. The van der Waals surface area contributed by atoms with Gasteiger partial charge in [-0.05, 0) is 19.4 Å². The van der Waals surface area contributed by atoms with Crippen molar-refractivity contribution in [2.45, 2.75) is 43.4 Å². The van der Waals surface area contributed by atoms with Crippen LogP contribution in [0.5, 0.6) is 0 Å². The van der Waals surface area contributed by atoms with Crippen molar-refractivity contribution < 1.29 is 23.0 Å². The molecule has 8 heteroatoms. The fourth-order valence-electron chi connectivity index (χ4n) is 3.73. The van der Waals surface area contributed by atoms with Crippen LogP contribution in [0.3, 0.4) is 0 Å². The van der Waals surface area contributed by atoms with E-state index in [-0.39, 0.29) is 5.92 Å².